The van der Waals surface area contributed by atoms with Gasteiger partial charge in [-0.15, -0.1) is 5.10 Å². The highest BCUT2D eigenvalue weighted by atomic mass is 35.5. The van der Waals surface area contributed by atoms with Crippen LogP contribution in [-0.2, 0) is 0 Å². The van der Waals surface area contributed by atoms with Crippen molar-refractivity contribution in [3.63, 3.8) is 0 Å². The fraction of sp³-hybridized carbons (Fsp3) is 0.0667. The molecule has 0 amide bonds. The van der Waals surface area contributed by atoms with Crippen molar-refractivity contribution in [3.05, 3.63) is 50.4 Å². The van der Waals surface area contributed by atoms with E-state index in [1.807, 2.05) is 19.1 Å². The van der Waals surface area contributed by atoms with Crippen molar-refractivity contribution < 1.29 is 0 Å². The molecule has 0 unspecified atom stereocenters. The lowest BCUT2D eigenvalue weighted by Crippen LogP contribution is -2.02. The van der Waals surface area contributed by atoms with E-state index in [0.29, 0.717) is 16.3 Å². The molecule has 114 valence electrons. The summed E-state index contributed by atoms with van der Waals surface area (Å²) in [5, 5.41) is 10.1. The van der Waals surface area contributed by atoms with Crippen LogP contribution in [0.25, 0.3) is 22.2 Å². The molecule has 0 bridgehead atoms. The molecule has 0 saturated carbocycles. The molecule has 6 nitrogen and oxygen atoms in total. The summed E-state index contributed by atoms with van der Waals surface area (Å²) in [5.74, 6) is 0. The standard InChI is InChI=1S/C15H10ClN5OS/c1-7-14(23-21-18-7)13-11(15(22)20-19-13)4-8-6-17-12-3-2-9(16)5-10(8)12/h2-6H,1H3,(H2,19,20,22)/b8-4+. The maximum absolute atomic E-state index is 12.2. The third-order valence-corrected chi connectivity index (χ3v) is 4.69. The van der Waals surface area contributed by atoms with E-state index in [9.17, 15) is 4.79 Å². The summed E-state index contributed by atoms with van der Waals surface area (Å²) in [6, 6.07) is 5.49. The van der Waals surface area contributed by atoms with Crippen LogP contribution < -0.4 is 5.56 Å². The maximum Gasteiger partial charge on any atom is 0.271 e. The number of nitrogens with zero attached hydrogens (tertiary/aromatic N) is 3. The Morgan fingerprint density at radius 3 is 2.96 bits per heavy atom. The van der Waals surface area contributed by atoms with Gasteiger partial charge in [-0.05, 0) is 42.7 Å². The van der Waals surface area contributed by atoms with E-state index >= 15 is 0 Å². The number of rotatable bonds is 2. The first-order chi connectivity index (χ1) is 11.1. The number of fused-ring (bicyclic) bond motifs is 1. The van der Waals surface area contributed by atoms with E-state index in [2.05, 4.69) is 24.8 Å². The normalized spacial score (nSPS) is 14.6. The fourth-order valence-electron chi connectivity index (χ4n) is 2.48. The van der Waals surface area contributed by atoms with Crippen LogP contribution in [0.3, 0.4) is 0 Å². The SMILES string of the molecule is Cc1nnsc1-c1[nH][nH]c(=O)c1/C=C1\C=Nc2ccc(Cl)cc21. The van der Waals surface area contributed by atoms with Crippen LogP contribution in [-0.4, -0.2) is 26.0 Å². The summed E-state index contributed by atoms with van der Waals surface area (Å²) < 4.78 is 3.92. The summed E-state index contributed by atoms with van der Waals surface area (Å²) in [7, 11) is 0. The van der Waals surface area contributed by atoms with Gasteiger partial charge in [-0.1, -0.05) is 16.1 Å². The number of H-pyrrole nitrogens is 2. The van der Waals surface area contributed by atoms with Crippen molar-refractivity contribution in [2.24, 2.45) is 4.99 Å². The van der Waals surface area contributed by atoms with Gasteiger partial charge < -0.3 is 0 Å². The quantitative estimate of drug-likeness (QED) is 0.747. The zero-order valence-corrected chi connectivity index (χ0v) is 13.5. The predicted molar refractivity (Wildman–Crippen MR) is 92.5 cm³/mol. The van der Waals surface area contributed by atoms with E-state index in [1.165, 1.54) is 11.5 Å². The lowest BCUT2D eigenvalue weighted by molar-refractivity contribution is 1.05. The second-order valence-corrected chi connectivity index (χ2v) is 6.27. The van der Waals surface area contributed by atoms with E-state index < -0.39 is 0 Å². The summed E-state index contributed by atoms with van der Waals surface area (Å²) >= 11 is 7.30. The number of aryl methyl sites for hydroxylation is 1. The van der Waals surface area contributed by atoms with E-state index in [0.717, 1.165) is 27.4 Å². The van der Waals surface area contributed by atoms with Gasteiger partial charge in [-0.25, -0.2) is 0 Å². The lowest BCUT2D eigenvalue weighted by Gasteiger charge is -2.01. The second kappa shape index (κ2) is 5.29. The van der Waals surface area contributed by atoms with Gasteiger partial charge in [0.25, 0.3) is 5.56 Å². The molecule has 0 fully saturated rings. The number of aromatic amines is 2. The molecule has 2 aromatic heterocycles. The largest absolute Gasteiger partial charge is 0.296 e. The zero-order chi connectivity index (χ0) is 16.0. The van der Waals surface area contributed by atoms with Gasteiger partial charge in [0.2, 0.25) is 0 Å². The molecule has 1 aliphatic heterocycles. The third-order valence-electron chi connectivity index (χ3n) is 3.61. The van der Waals surface area contributed by atoms with Crippen LogP contribution >= 0.6 is 23.1 Å². The second-order valence-electron chi connectivity index (χ2n) is 5.07. The number of hydrogen-bond acceptors (Lipinski definition) is 5. The summed E-state index contributed by atoms with van der Waals surface area (Å²) in [4.78, 5) is 17.4. The van der Waals surface area contributed by atoms with Crippen molar-refractivity contribution in [3.8, 4) is 10.6 Å². The van der Waals surface area contributed by atoms with Crippen molar-refractivity contribution in [2.45, 2.75) is 6.92 Å². The van der Waals surface area contributed by atoms with Gasteiger partial charge in [0, 0.05) is 22.4 Å². The number of aromatic nitrogens is 4. The molecular formula is C15H10ClN5OS. The summed E-state index contributed by atoms with van der Waals surface area (Å²) in [6.45, 7) is 1.85. The maximum atomic E-state index is 12.2. The Bertz CT molecular complexity index is 1030. The molecule has 0 spiro atoms. The van der Waals surface area contributed by atoms with Crippen LogP contribution in [0.15, 0.2) is 28.0 Å². The molecule has 0 radical (unpaired) electrons. The first kappa shape index (κ1) is 14.1. The van der Waals surface area contributed by atoms with Gasteiger partial charge in [-0.3, -0.25) is 20.0 Å². The molecule has 0 saturated heterocycles. The minimum atomic E-state index is -0.204. The van der Waals surface area contributed by atoms with Gasteiger partial charge in [0.05, 0.1) is 27.5 Å². The Kier molecular flexibility index (Phi) is 3.24. The number of allylic oxidation sites excluding steroid dienone is 1. The van der Waals surface area contributed by atoms with Crippen molar-refractivity contribution in [1.82, 2.24) is 19.8 Å². The number of halogens is 1. The molecule has 3 heterocycles. The highest BCUT2D eigenvalue weighted by molar-refractivity contribution is 7.09. The molecule has 1 aliphatic rings. The molecule has 8 heteroatoms. The Balaban J connectivity index is 1.88. The van der Waals surface area contributed by atoms with Crippen LogP contribution in [0.1, 0.15) is 16.8 Å². The molecule has 0 aliphatic carbocycles. The van der Waals surface area contributed by atoms with Crippen LogP contribution in [0.5, 0.6) is 0 Å². The summed E-state index contributed by atoms with van der Waals surface area (Å²) in [6.07, 6.45) is 3.53. The minimum absolute atomic E-state index is 0.204. The highest BCUT2D eigenvalue weighted by Gasteiger charge is 2.18. The number of nitrogens with one attached hydrogen (secondary N) is 2. The minimum Gasteiger partial charge on any atom is -0.296 e. The lowest BCUT2D eigenvalue weighted by atomic mass is 10.0. The average Bonchev–Trinajstić information content (AvgIpc) is 3.21. The van der Waals surface area contributed by atoms with Crippen molar-refractivity contribution >= 4 is 46.7 Å². The Hall–Kier alpha value is -2.51. The molecule has 23 heavy (non-hydrogen) atoms. The molecule has 1 aromatic carbocycles. The number of hydrogen-bond donors (Lipinski definition) is 2. The Labute approximate surface area is 139 Å². The predicted octanol–water partition coefficient (Wildman–Crippen LogP) is 3.44. The van der Waals surface area contributed by atoms with E-state index in [1.54, 1.807) is 18.4 Å². The topological polar surface area (TPSA) is 86.8 Å². The molecule has 2 N–H and O–H groups in total. The third kappa shape index (κ3) is 2.34. The highest BCUT2D eigenvalue weighted by Crippen LogP contribution is 2.35. The average molecular weight is 344 g/mol. The van der Waals surface area contributed by atoms with E-state index in [4.69, 9.17) is 11.6 Å². The first-order valence-electron chi connectivity index (χ1n) is 6.79. The summed E-state index contributed by atoms with van der Waals surface area (Å²) in [5.41, 5.74) is 4.35. The van der Waals surface area contributed by atoms with Crippen LogP contribution in [0.4, 0.5) is 5.69 Å². The fourth-order valence-corrected chi connectivity index (χ4v) is 3.32. The smallest absolute Gasteiger partial charge is 0.271 e. The number of benzene rings is 1. The molecule has 0 atom stereocenters. The van der Waals surface area contributed by atoms with Gasteiger partial charge in [0.1, 0.15) is 0 Å². The van der Waals surface area contributed by atoms with Crippen LogP contribution in [0, 0.1) is 6.92 Å². The van der Waals surface area contributed by atoms with Gasteiger partial charge in [0.15, 0.2) is 0 Å². The Morgan fingerprint density at radius 2 is 2.17 bits per heavy atom. The first-order valence-corrected chi connectivity index (χ1v) is 7.94. The number of aliphatic imine (C=N–C) groups is 1. The zero-order valence-electron chi connectivity index (χ0n) is 11.9. The van der Waals surface area contributed by atoms with Crippen molar-refractivity contribution in [1.29, 1.82) is 0 Å². The van der Waals surface area contributed by atoms with Gasteiger partial charge in [-0.2, -0.15) is 0 Å². The molecule has 4 rings (SSSR count). The Morgan fingerprint density at radius 1 is 1.30 bits per heavy atom. The molecular weight excluding hydrogens is 334 g/mol. The van der Waals surface area contributed by atoms with Crippen LogP contribution in [0.2, 0.25) is 5.02 Å². The van der Waals surface area contributed by atoms with Crippen molar-refractivity contribution in [2.75, 3.05) is 0 Å². The molecule has 3 aromatic rings. The van der Waals surface area contributed by atoms with Gasteiger partial charge >= 0.3 is 0 Å². The monoisotopic (exact) mass is 343 g/mol. The van der Waals surface area contributed by atoms with E-state index in [-0.39, 0.29) is 5.56 Å².